The highest BCUT2D eigenvalue weighted by Gasteiger charge is 2.40. The van der Waals surface area contributed by atoms with Gasteiger partial charge in [-0.05, 0) is 67.9 Å². The second kappa shape index (κ2) is 9.83. The van der Waals surface area contributed by atoms with Gasteiger partial charge in [-0.2, -0.15) is 0 Å². The number of nitrogens with zero attached hydrogens (tertiary/aromatic N) is 3. The van der Waals surface area contributed by atoms with E-state index in [0.717, 1.165) is 30.2 Å². The summed E-state index contributed by atoms with van der Waals surface area (Å²) in [5.41, 5.74) is 4.76. The lowest BCUT2D eigenvalue weighted by Crippen LogP contribution is -2.32. The molecule has 4 rings (SSSR count). The van der Waals surface area contributed by atoms with E-state index in [4.69, 9.17) is 0 Å². The number of rotatable bonds is 8. The number of carbonyl (C=O) groups excluding carboxylic acids is 2. The van der Waals surface area contributed by atoms with Crippen LogP contribution >= 0.6 is 0 Å². The van der Waals surface area contributed by atoms with Crippen LogP contribution < -0.4 is 20.0 Å². The highest BCUT2D eigenvalue weighted by Crippen LogP contribution is 2.34. The summed E-state index contributed by atoms with van der Waals surface area (Å²) in [6.45, 7) is 5.98. The molecule has 6 heteroatoms. The van der Waals surface area contributed by atoms with Gasteiger partial charge in [-0.25, -0.2) is 4.90 Å². The van der Waals surface area contributed by atoms with E-state index < -0.39 is 0 Å². The molecular formula is C28H30N4O2. The van der Waals surface area contributed by atoms with Crippen LogP contribution in [0.3, 0.4) is 0 Å². The minimum atomic E-state index is -0.365. The second-order valence-corrected chi connectivity index (χ2v) is 8.32. The summed E-state index contributed by atoms with van der Waals surface area (Å²) in [7, 11) is 3.95. The van der Waals surface area contributed by atoms with Crippen molar-refractivity contribution in [3.05, 3.63) is 90.1 Å². The zero-order chi connectivity index (χ0) is 24.2. The lowest BCUT2D eigenvalue weighted by Gasteiger charge is -2.22. The third-order valence-corrected chi connectivity index (χ3v) is 6.04. The van der Waals surface area contributed by atoms with Crippen molar-refractivity contribution >= 4 is 40.1 Å². The molecule has 0 aromatic heterocycles. The number of hydrogen-bond acceptors (Lipinski definition) is 5. The molecule has 6 nitrogen and oxygen atoms in total. The first-order valence-electron chi connectivity index (χ1n) is 11.5. The second-order valence-electron chi connectivity index (χ2n) is 8.32. The van der Waals surface area contributed by atoms with E-state index in [1.807, 2.05) is 97.9 Å². The van der Waals surface area contributed by atoms with Gasteiger partial charge in [0, 0.05) is 44.2 Å². The molecule has 0 saturated heterocycles. The van der Waals surface area contributed by atoms with Crippen molar-refractivity contribution in [1.82, 2.24) is 0 Å². The van der Waals surface area contributed by atoms with Crippen LogP contribution in [0, 0.1) is 0 Å². The molecule has 0 fully saturated rings. The van der Waals surface area contributed by atoms with E-state index in [0.29, 0.717) is 16.8 Å². The minimum Gasteiger partial charge on any atom is -0.378 e. The fourth-order valence-corrected chi connectivity index (χ4v) is 4.14. The van der Waals surface area contributed by atoms with Crippen LogP contribution in [-0.2, 0) is 9.59 Å². The molecule has 0 spiro atoms. The van der Waals surface area contributed by atoms with Crippen LogP contribution in [0.1, 0.15) is 19.4 Å². The molecule has 1 N–H and O–H groups in total. The average molecular weight is 455 g/mol. The maximum atomic E-state index is 13.6. The number of amides is 2. The number of anilines is 4. The summed E-state index contributed by atoms with van der Waals surface area (Å²) in [6, 6.07) is 24.7. The molecular weight excluding hydrogens is 424 g/mol. The van der Waals surface area contributed by atoms with Crippen LogP contribution in [-0.4, -0.2) is 39.0 Å². The molecule has 34 heavy (non-hydrogen) atoms. The molecule has 174 valence electrons. The Kier molecular flexibility index (Phi) is 6.68. The normalized spacial score (nSPS) is 13.5. The summed E-state index contributed by atoms with van der Waals surface area (Å²) in [4.78, 5) is 32.6. The Balaban J connectivity index is 1.71. The van der Waals surface area contributed by atoms with Gasteiger partial charge < -0.3 is 15.1 Å². The molecule has 0 radical (unpaired) electrons. The van der Waals surface area contributed by atoms with Gasteiger partial charge in [0.15, 0.2) is 0 Å². The van der Waals surface area contributed by atoms with Crippen molar-refractivity contribution < 1.29 is 9.59 Å². The van der Waals surface area contributed by atoms with Gasteiger partial charge in [0.05, 0.1) is 11.3 Å². The van der Waals surface area contributed by atoms with Crippen molar-refractivity contribution in [3.8, 4) is 0 Å². The fourth-order valence-electron chi connectivity index (χ4n) is 4.14. The number of hydrogen-bond donors (Lipinski definition) is 1. The van der Waals surface area contributed by atoms with E-state index in [-0.39, 0.29) is 17.5 Å². The largest absolute Gasteiger partial charge is 0.378 e. The molecule has 0 unspecified atom stereocenters. The van der Waals surface area contributed by atoms with E-state index >= 15 is 0 Å². The fraction of sp³-hybridized carbons (Fsp3) is 0.214. The molecule has 1 aliphatic rings. The summed E-state index contributed by atoms with van der Waals surface area (Å²) in [6.07, 6.45) is 0. The number of benzene rings is 3. The Morgan fingerprint density at radius 3 is 1.88 bits per heavy atom. The van der Waals surface area contributed by atoms with Gasteiger partial charge >= 0.3 is 0 Å². The van der Waals surface area contributed by atoms with Crippen molar-refractivity contribution in [2.75, 3.05) is 47.2 Å². The third kappa shape index (κ3) is 4.39. The maximum absolute atomic E-state index is 13.6. The smallest absolute Gasteiger partial charge is 0.282 e. The molecule has 3 aromatic carbocycles. The molecule has 0 atom stereocenters. The molecule has 1 aliphatic heterocycles. The van der Waals surface area contributed by atoms with Crippen LogP contribution in [0.15, 0.2) is 84.6 Å². The summed E-state index contributed by atoms with van der Waals surface area (Å²) >= 11 is 0. The van der Waals surface area contributed by atoms with E-state index in [9.17, 15) is 9.59 Å². The van der Waals surface area contributed by atoms with Gasteiger partial charge in [0.1, 0.15) is 5.70 Å². The van der Waals surface area contributed by atoms with E-state index in [2.05, 4.69) is 24.1 Å². The monoisotopic (exact) mass is 454 g/mol. The third-order valence-electron chi connectivity index (χ3n) is 6.04. The van der Waals surface area contributed by atoms with E-state index in [1.54, 1.807) is 0 Å². The number of imide groups is 1. The molecule has 1 heterocycles. The Hall–Kier alpha value is -4.06. The lowest BCUT2D eigenvalue weighted by atomic mass is 10.0. The van der Waals surface area contributed by atoms with Crippen LogP contribution in [0.4, 0.5) is 22.7 Å². The minimum absolute atomic E-state index is 0.279. The topological polar surface area (TPSA) is 55.9 Å². The van der Waals surface area contributed by atoms with Crippen LogP contribution in [0.5, 0.6) is 0 Å². The lowest BCUT2D eigenvalue weighted by molar-refractivity contribution is -0.120. The highest BCUT2D eigenvalue weighted by atomic mass is 16.2. The molecule has 2 amide bonds. The predicted octanol–water partition coefficient (Wildman–Crippen LogP) is 5.00. The van der Waals surface area contributed by atoms with Crippen LogP contribution in [0.25, 0.3) is 5.57 Å². The molecule has 0 saturated carbocycles. The zero-order valence-electron chi connectivity index (χ0n) is 20.1. The number of carbonyl (C=O) groups is 2. The Bertz CT molecular complexity index is 1200. The van der Waals surface area contributed by atoms with Crippen LogP contribution in [0.2, 0.25) is 0 Å². The van der Waals surface area contributed by atoms with Crippen molar-refractivity contribution in [2.45, 2.75) is 13.8 Å². The van der Waals surface area contributed by atoms with Gasteiger partial charge in [-0.3, -0.25) is 9.59 Å². The van der Waals surface area contributed by atoms with Crippen molar-refractivity contribution in [3.63, 3.8) is 0 Å². The quantitative estimate of drug-likeness (QED) is 0.486. The predicted molar refractivity (Wildman–Crippen MR) is 140 cm³/mol. The van der Waals surface area contributed by atoms with Gasteiger partial charge in [-0.15, -0.1) is 0 Å². The van der Waals surface area contributed by atoms with Crippen molar-refractivity contribution in [2.24, 2.45) is 0 Å². The first kappa shape index (κ1) is 23.1. The summed E-state index contributed by atoms with van der Waals surface area (Å²) < 4.78 is 0. The van der Waals surface area contributed by atoms with E-state index in [1.165, 1.54) is 4.90 Å². The van der Waals surface area contributed by atoms with Crippen molar-refractivity contribution in [1.29, 1.82) is 0 Å². The SMILES string of the molecule is CCN(CC)c1ccc(N2C(=O)C(Nc3ccc(N(C)C)cc3)=C(c3ccccc3)C2=O)cc1. The maximum Gasteiger partial charge on any atom is 0.282 e. The van der Waals surface area contributed by atoms with Gasteiger partial charge in [0.25, 0.3) is 11.8 Å². The summed E-state index contributed by atoms with van der Waals surface area (Å²) in [5.74, 6) is -0.699. The first-order chi connectivity index (χ1) is 16.4. The molecule has 3 aromatic rings. The highest BCUT2D eigenvalue weighted by molar-refractivity contribution is 6.46. The first-order valence-corrected chi connectivity index (χ1v) is 11.5. The number of nitrogens with one attached hydrogen (secondary N) is 1. The Morgan fingerprint density at radius 1 is 0.735 bits per heavy atom. The standard InChI is InChI=1S/C28H30N4O2/c1-5-31(6-2)23-16-18-24(19-17-23)32-27(33)25(20-10-8-7-9-11-20)26(28(32)34)29-21-12-14-22(15-13-21)30(3)4/h7-19,29H,5-6H2,1-4H3. The zero-order valence-corrected chi connectivity index (χ0v) is 20.1. The molecule has 0 aliphatic carbocycles. The summed E-state index contributed by atoms with van der Waals surface area (Å²) in [5, 5.41) is 3.22. The van der Waals surface area contributed by atoms with Gasteiger partial charge in [-0.1, -0.05) is 30.3 Å². The average Bonchev–Trinajstić information content (AvgIpc) is 3.10. The van der Waals surface area contributed by atoms with Gasteiger partial charge in [0.2, 0.25) is 0 Å². The Labute approximate surface area is 201 Å². The Morgan fingerprint density at radius 2 is 1.32 bits per heavy atom. The molecule has 0 bridgehead atoms.